The van der Waals surface area contributed by atoms with Gasteiger partial charge in [0, 0.05) is 13.2 Å². The van der Waals surface area contributed by atoms with Gasteiger partial charge in [0.25, 0.3) is 5.91 Å². The van der Waals surface area contributed by atoms with Gasteiger partial charge in [-0.25, -0.2) is 9.48 Å². The number of carboxylic acid groups (broad SMARTS) is 1. The topological polar surface area (TPSA) is 110 Å². The predicted molar refractivity (Wildman–Crippen MR) is 59.5 cm³/mol. The maximum absolute atomic E-state index is 11.2. The van der Waals surface area contributed by atoms with E-state index in [1.54, 1.807) is 0 Å². The zero-order valence-corrected chi connectivity index (χ0v) is 9.36. The minimum Gasteiger partial charge on any atom is -0.476 e. The van der Waals surface area contributed by atoms with E-state index in [2.05, 4.69) is 20.6 Å². The highest BCUT2D eigenvalue weighted by Gasteiger charge is 2.10. The van der Waals surface area contributed by atoms with Crippen LogP contribution in [0.5, 0.6) is 0 Å². The lowest BCUT2D eigenvalue weighted by molar-refractivity contribution is 0.0689. The Balaban J connectivity index is 2.28. The Bertz CT molecular complexity index is 590. The largest absolute Gasteiger partial charge is 0.476 e. The van der Waals surface area contributed by atoms with Crippen LogP contribution in [0.25, 0.3) is 5.82 Å². The Morgan fingerprint density at radius 1 is 1.22 bits per heavy atom. The van der Waals surface area contributed by atoms with Gasteiger partial charge in [0.05, 0.1) is 0 Å². The van der Waals surface area contributed by atoms with Gasteiger partial charge in [-0.15, -0.1) is 10.2 Å². The fourth-order valence-electron chi connectivity index (χ4n) is 1.26. The third-order valence-electron chi connectivity index (χ3n) is 2.15. The first-order valence-corrected chi connectivity index (χ1v) is 4.97. The Morgan fingerprint density at radius 2 is 2.00 bits per heavy atom. The molecular formula is C10H9N5O3. The van der Waals surface area contributed by atoms with Crippen LogP contribution in [0.15, 0.2) is 24.4 Å². The zero-order valence-electron chi connectivity index (χ0n) is 9.36. The van der Waals surface area contributed by atoms with Crippen LogP contribution in [-0.4, -0.2) is 44.0 Å². The average Bonchev–Trinajstić information content (AvgIpc) is 2.88. The molecule has 0 aliphatic heterocycles. The molecule has 0 unspecified atom stereocenters. The highest BCUT2D eigenvalue weighted by molar-refractivity contribution is 5.91. The molecule has 0 aliphatic rings. The average molecular weight is 247 g/mol. The van der Waals surface area contributed by atoms with Gasteiger partial charge < -0.3 is 10.4 Å². The van der Waals surface area contributed by atoms with Gasteiger partial charge in [0.2, 0.25) is 0 Å². The van der Waals surface area contributed by atoms with Gasteiger partial charge in [-0.2, -0.15) is 5.10 Å². The number of aromatic carboxylic acids is 1. The van der Waals surface area contributed by atoms with E-state index in [0.29, 0.717) is 5.82 Å². The van der Waals surface area contributed by atoms with E-state index in [0.717, 1.165) is 0 Å². The van der Waals surface area contributed by atoms with Crippen molar-refractivity contribution in [2.75, 3.05) is 7.05 Å². The highest BCUT2D eigenvalue weighted by atomic mass is 16.4. The van der Waals surface area contributed by atoms with Gasteiger partial charge >= 0.3 is 5.97 Å². The zero-order chi connectivity index (χ0) is 13.1. The van der Waals surface area contributed by atoms with Crippen molar-refractivity contribution in [3.63, 3.8) is 0 Å². The van der Waals surface area contributed by atoms with Crippen LogP contribution in [-0.2, 0) is 0 Å². The number of aromatic nitrogens is 4. The van der Waals surface area contributed by atoms with Crippen molar-refractivity contribution in [1.82, 2.24) is 25.3 Å². The van der Waals surface area contributed by atoms with E-state index in [1.165, 1.54) is 36.1 Å². The molecule has 0 bridgehead atoms. The Labute approximate surface area is 101 Å². The van der Waals surface area contributed by atoms with E-state index in [4.69, 9.17) is 5.11 Å². The van der Waals surface area contributed by atoms with E-state index in [9.17, 15) is 9.59 Å². The lowest BCUT2D eigenvalue weighted by Crippen LogP contribution is -2.20. The van der Waals surface area contributed by atoms with Crippen LogP contribution >= 0.6 is 0 Å². The Morgan fingerprint density at radius 3 is 2.50 bits per heavy atom. The van der Waals surface area contributed by atoms with Gasteiger partial charge in [0.1, 0.15) is 0 Å². The van der Waals surface area contributed by atoms with E-state index in [1.807, 2.05) is 0 Å². The van der Waals surface area contributed by atoms with Crippen molar-refractivity contribution in [3.8, 4) is 5.82 Å². The van der Waals surface area contributed by atoms with Gasteiger partial charge in [-0.3, -0.25) is 4.79 Å². The number of amides is 1. The van der Waals surface area contributed by atoms with Gasteiger partial charge in [-0.05, 0) is 18.2 Å². The molecule has 2 N–H and O–H groups in total. The number of carbonyl (C=O) groups excluding carboxylic acids is 1. The molecule has 18 heavy (non-hydrogen) atoms. The Hall–Kier alpha value is -2.77. The fraction of sp³-hybridized carbons (Fsp3) is 0.100. The number of nitrogens with one attached hydrogen (secondary N) is 1. The third kappa shape index (κ3) is 2.17. The van der Waals surface area contributed by atoms with Gasteiger partial charge in [0.15, 0.2) is 17.2 Å². The Kier molecular flexibility index (Phi) is 3.00. The van der Waals surface area contributed by atoms with Crippen molar-refractivity contribution in [1.29, 1.82) is 0 Å². The van der Waals surface area contributed by atoms with Crippen LogP contribution in [0.2, 0.25) is 0 Å². The van der Waals surface area contributed by atoms with Crippen LogP contribution in [0.4, 0.5) is 0 Å². The maximum Gasteiger partial charge on any atom is 0.356 e. The standard InChI is InChI=1S/C10H9N5O3/c1-11-9(16)6-2-3-8(13-12-6)15-5-4-7(14-15)10(17)18/h2-5H,1H3,(H,11,16)(H,17,18). The van der Waals surface area contributed by atoms with Crippen molar-refractivity contribution >= 4 is 11.9 Å². The van der Waals surface area contributed by atoms with Crippen molar-refractivity contribution in [3.05, 3.63) is 35.8 Å². The first-order valence-electron chi connectivity index (χ1n) is 4.97. The van der Waals surface area contributed by atoms with Crippen molar-refractivity contribution in [2.45, 2.75) is 0 Å². The first-order chi connectivity index (χ1) is 8.61. The third-order valence-corrected chi connectivity index (χ3v) is 2.15. The summed E-state index contributed by atoms with van der Waals surface area (Å²) < 4.78 is 1.27. The molecule has 0 spiro atoms. The first kappa shape index (κ1) is 11.7. The summed E-state index contributed by atoms with van der Waals surface area (Å²) >= 11 is 0. The molecule has 8 nitrogen and oxygen atoms in total. The van der Waals surface area contributed by atoms with E-state index >= 15 is 0 Å². The second kappa shape index (κ2) is 4.62. The second-order valence-corrected chi connectivity index (χ2v) is 3.31. The lowest BCUT2D eigenvalue weighted by Gasteiger charge is -2.00. The number of carboxylic acids is 1. The molecule has 2 rings (SSSR count). The SMILES string of the molecule is CNC(=O)c1ccc(-n2ccc(C(=O)O)n2)nn1. The van der Waals surface area contributed by atoms with Crippen LogP contribution in [0.3, 0.4) is 0 Å². The molecule has 0 saturated heterocycles. The number of rotatable bonds is 3. The summed E-state index contributed by atoms with van der Waals surface area (Å²) in [5, 5.41) is 22.4. The molecule has 8 heteroatoms. The number of hydrogen-bond donors (Lipinski definition) is 2. The normalized spacial score (nSPS) is 10.1. The molecule has 2 heterocycles. The quantitative estimate of drug-likeness (QED) is 0.771. The predicted octanol–water partition coefficient (Wildman–Crippen LogP) is -0.280. The van der Waals surface area contributed by atoms with Crippen molar-refractivity contribution < 1.29 is 14.7 Å². The molecule has 92 valence electrons. The van der Waals surface area contributed by atoms with Crippen molar-refractivity contribution in [2.24, 2.45) is 0 Å². The summed E-state index contributed by atoms with van der Waals surface area (Å²) in [6.45, 7) is 0. The summed E-state index contributed by atoms with van der Waals surface area (Å²) in [6, 6.07) is 4.34. The van der Waals surface area contributed by atoms with Crippen LogP contribution in [0, 0.1) is 0 Å². The van der Waals surface area contributed by atoms with Crippen LogP contribution < -0.4 is 5.32 Å². The molecule has 0 aliphatic carbocycles. The summed E-state index contributed by atoms with van der Waals surface area (Å²) in [5.74, 6) is -1.14. The summed E-state index contributed by atoms with van der Waals surface area (Å²) in [6.07, 6.45) is 1.45. The lowest BCUT2D eigenvalue weighted by atomic mass is 10.3. The second-order valence-electron chi connectivity index (χ2n) is 3.31. The maximum atomic E-state index is 11.2. The smallest absolute Gasteiger partial charge is 0.356 e. The molecule has 0 aromatic carbocycles. The summed E-state index contributed by atoms with van der Waals surface area (Å²) in [4.78, 5) is 21.9. The molecule has 0 atom stereocenters. The molecule has 1 amide bonds. The van der Waals surface area contributed by atoms with Gasteiger partial charge in [-0.1, -0.05) is 0 Å². The van der Waals surface area contributed by atoms with E-state index in [-0.39, 0.29) is 17.3 Å². The molecular weight excluding hydrogens is 238 g/mol. The number of carbonyl (C=O) groups is 2. The minimum atomic E-state index is -1.12. The summed E-state index contributed by atoms with van der Waals surface area (Å²) in [5.41, 5.74) is 0.0824. The van der Waals surface area contributed by atoms with E-state index < -0.39 is 5.97 Å². The fourth-order valence-corrected chi connectivity index (χ4v) is 1.26. The number of nitrogens with zero attached hydrogens (tertiary/aromatic N) is 4. The molecule has 2 aromatic heterocycles. The highest BCUT2D eigenvalue weighted by Crippen LogP contribution is 2.04. The molecule has 0 saturated carbocycles. The molecule has 0 radical (unpaired) electrons. The minimum absolute atomic E-state index is 0.0906. The van der Waals surface area contributed by atoms with Crippen LogP contribution in [0.1, 0.15) is 21.0 Å². The molecule has 2 aromatic rings. The molecule has 0 fully saturated rings. The monoisotopic (exact) mass is 247 g/mol. The number of hydrogen-bond acceptors (Lipinski definition) is 5. The summed E-state index contributed by atoms with van der Waals surface area (Å²) in [7, 11) is 1.49.